The monoisotopic (exact) mass is 467 g/mol. The molecule has 0 saturated carbocycles. The largest absolute Gasteiger partial charge is 0.465 e. The molecule has 0 aliphatic rings. The van der Waals surface area contributed by atoms with Crippen molar-refractivity contribution in [2.24, 2.45) is 0 Å². The summed E-state index contributed by atoms with van der Waals surface area (Å²) in [5, 5.41) is 8.46. The summed E-state index contributed by atoms with van der Waals surface area (Å²) in [6.45, 7) is 6.66. The van der Waals surface area contributed by atoms with Gasteiger partial charge in [-0.05, 0) is 54.8 Å². The molecule has 0 fully saturated rings. The lowest BCUT2D eigenvalue weighted by Crippen LogP contribution is -2.34. The van der Waals surface area contributed by atoms with E-state index < -0.39 is 18.0 Å². The topological polar surface area (TPSA) is 92.6 Å². The van der Waals surface area contributed by atoms with Crippen LogP contribution in [0, 0.1) is 12.7 Å². The third-order valence-electron chi connectivity index (χ3n) is 5.21. The van der Waals surface area contributed by atoms with Crippen LogP contribution in [0.4, 0.5) is 14.9 Å². The van der Waals surface area contributed by atoms with Crippen molar-refractivity contribution in [3.63, 3.8) is 0 Å². The first-order chi connectivity index (χ1) is 16.3. The van der Waals surface area contributed by atoms with Gasteiger partial charge in [0.1, 0.15) is 23.4 Å². The smallest absolute Gasteiger partial charge is 0.411 e. The van der Waals surface area contributed by atoms with E-state index in [0.717, 1.165) is 22.6 Å². The number of ether oxygens (including phenoxy) is 1. The van der Waals surface area contributed by atoms with Crippen molar-refractivity contribution >= 4 is 17.7 Å². The molecule has 0 spiro atoms. The number of carbonyl (C=O) groups excluding carboxylic acids is 2. The van der Waals surface area contributed by atoms with Crippen molar-refractivity contribution in [2.75, 3.05) is 11.9 Å². The van der Waals surface area contributed by atoms with Crippen molar-refractivity contribution < 1.29 is 23.1 Å². The number of amides is 2. The molecule has 0 aliphatic carbocycles. The highest BCUT2D eigenvalue weighted by molar-refractivity contribution is 5.85. The van der Waals surface area contributed by atoms with Crippen LogP contribution >= 0.6 is 0 Å². The number of furan rings is 1. The molecule has 2 amide bonds. The normalized spacial score (nSPS) is 11.6. The van der Waals surface area contributed by atoms with E-state index in [1.165, 1.54) is 13.0 Å². The number of halogens is 1. The zero-order valence-electron chi connectivity index (χ0n) is 19.6. The maximum atomic E-state index is 14.8. The summed E-state index contributed by atoms with van der Waals surface area (Å²) in [6, 6.07) is 16.0. The van der Waals surface area contributed by atoms with E-state index in [0.29, 0.717) is 25.1 Å². The number of hydrogen-bond donors (Lipinski definition) is 3. The van der Waals surface area contributed by atoms with Gasteiger partial charge in [0.15, 0.2) is 0 Å². The van der Waals surface area contributed by atoms with Gasteiger partial charge in [0.05, 0.1) is 13.1 Å². The second kappa shape index (κ2) is 12.0. The van der Waals surface area contributed by atoms with Gasteiger partial charge in [-0.3, -0.25) is 10.1 Å². The minimum atomic E-state index is -0.703. The summed E-state index contributed by atoms with van der Waals surface area (Å²) >= 11 is 0. The average Bonchev–Trinajstić information content (AvgIpc) is 3.22. The van der Waals surface area contributed by atoms with Crippen molar-refractivity contribution in [1.29, 1.82) is 0 Å². The lowest BCUT2D eigenvalue weighted by atomic mass is 10.0. The highest BCUT2D eigenvalue weighted by atomic mass is 19.1. The predicted octanol–water partition coefficient (Wildman–Crippen LogP) is 5.15. The first-order valence-corrected chi connectivity index (χ1v) is 11.2. The molecule has 8 heteroatoms. The summed E-state index contributed by atoms with van der Waals surface area (Å²) in [6.07, 6.45) is -0.634. The van der Waals surface area contributed by atoms with Crippen molar-refractivity contribution in [3.8, 4) is 11.1 Å². The number of carbonyl (C=O) groups is 2. The van der Waals surface area contributed by atoms with Gasteiger partial charge in [-0.2, -0.15) is 0 Å². The molecule has 2 aromatic carbocycles. The number of aryl methyl sites for hydroxylation is 1. The van der Waals surface area contributed by atoms with Gasteiger partial charge in [0, 0.05) is 24.7 Å². The molecule has 0 radical (unpaired) electrons. The number of hydrogen-bond acceptors (Lipinski definition) is 5. The number of anilines is 1. The van der Waals surface area contributed by atoms with Gasteiger partial charge in [0.2, 0.25) is 5.91 Å². The molecule has 3 N–H and O–H groups in total. The second-order valence-electron chi connectivity index (χ2n) is 8.01. The van der Waals surface area contributed by atoms with Crippen LogP contribution in [-0.2, 0) is 22.6 Å². The molecule has 1 atom stereocenters. The molecule has 34 heavy (non-hydrogen) atoms. The zero-order valence-corrected chi connectivity index (χ0v) is 19.6. The van der Waals surface area contributed by atoms with Gasteiger partial charge < -0.3 is 19.8 Å². The van der Waals surface area contributed by atoms with E-state index in [9.17, 15) is 14.0 Å². The summed E-state index contributed by atoms with van der Waals surface area (Å²) in [7, 11) is 0. The highest BCUT2D eigenvalue weighted by Crippen LogP contribution is 2.26. The van der Waals surface area contributed by atoms with Crippen molar-refractivity contribution in [3.05, 3.63) is 77.5 Å². The van der Waals surface area contributed by atoms with Crippen LogP contribution in [0.2, 0.25) is 0 Å². The molecule has 3 rings (SSSR count). The maximum absolute atomic E-state index is 14.8. The molecule has 3 aromatic rings. The van der Waals surface area contributed by atoms with Crippen molar-refractivity contribution in [2.45, 2.75) is 46.4 Å². The van der Waals surface area contributed by atoms with E-state index in [1.54, 1.807) is 12.1 Å². The molecule has 7 nitrogen and oxygen atoms in total. The molecular formula is C26H30FN3O4. The van der Waals surface area contributed by atoms with Crippen molar-refractivity contribution in [1.82, 2.24) is 10.6 Å². The van der Waals surface area contributed by atoms with Crippen LogP contribution in [0.5, 0.6) is 0 Å². The molecular weight excluding hydrogens is 437 g/mol. The van der Waals surface area contributed by atoms with E-state index >= 15 is 0 Å². The molecule has 1 heterocycles. The van der Waals surface area contributed by atoms with Gasteiger partial charge in [-0.15, -0.1) is 0 Å². The van der Waals surface area contributed by atoms with E-state index in [4.69, 9.17) is 9.15 Å². The van der Waals surface area contributed by atoms with E-state index in [1.807, 2.05) is 50.2 Å². The Labute approximate surface area is 198 Å². The van der Waals surface area contributed by atoms with E-state index in [-0.39, 0.29) is 18.1 Å². The lowest BCUT2D eigenvalue weighted by molar-refractivity contribution is -0.119. The van der Waals surface area contributed by atoms with Crippen LogP contribution in [0.3, 0.4) is 0 Å². The number of rotatable bonds is 10. The van der Waals surface area contributed by atoms with Gasteiger partial charge in [0.25, 0.3) is 0 Å². The predicted molar refractivity (Wildman–Crippen MR) is 129 cm³/mol. The standard InChI is InChI=1S/C26H30FN3O4/c1-4-22(16-29-18(3)31)34-26(32)30-21-10-12-24(25(27)13-21)20-8-6-19(7-9-20)14-28-15-23-11-5-17(2)33-23/h5-13,22,28H,4,14-16H2,1-3H3,(H,29,31)(H,30,32)/t22-/m1/s1. The summed E-state index contributed by atoms with van der Waals surface area (Å²) < 4.78 is 25.6. The molecule has 180 valence electrons. The van der Waals surface area contributed by atoms with Gasteiger partial charge in [-0.25, -0.2) is 9.18 Å². The third kappa shape index (κ3) is 7.45. The summed E-state index contributed by atoms with van der Waals surface area (Å²) in [5.74, 6) is 1.11. The molecule has 0 bridgehead atoms. The Hall–Kier alpha value is -3.65. The Balaban J connectivity index is 1.54. The molecule has 0 saturated heterocycles. The molecule has 0 aliphatic heterocycles. The quantitative estimate of drug-likeness (QED) is 0.384. The van der Waals surface area contributed by atoms with Gasteiger partial charge >= 0.3 is 6.09 Å². The lowest BCUT2D eigenvalue weighted by Gasteiger charge is -2.17. The van der Waals surface area contributed by atoms with Crippen LogP contribution in [0.25, 0.3) is 11.1 Å². The van der Waals surface area contributed by atoms with Crippen LogP contribution < -0.4 is 16.0 Å². The zero-order chi connectivity index (χ0) is 24.5. The van der Waals surface area contributed by atoms with Crippen LogP contribution in [0.1, 0.15) is 37.4 Å². The fourth-order valence-electron chi connectivity index (χ4n) is 3.36. The Morgan fingerprint density at radius 1 is 1.06 bits per heavy atom. The van der Waals surface area contributed by atoms with Crippen LogP contribution in [-0.4, -0.2) is 24.6 Å². The molecule has 0 unspecified atom stereocenters. The summed E-state index contributed by atoms with van der Waals surface area (Å²) in [5.41, 5.74) is 2.52. The maximum Gasteiger partial charge on any atom is 0.411 e. The average molecular weight is 468 g/mol. The minimum Gasteiger partial charge on any atom is -0.465 e. The Morgan fingerprint density at radius 3 is 2.44 bits per heavy atom. The number of nitrogens with one attached hydrogen (secondary N) is 3. The first kappa shape index (κ1) is 25.0. The first-order valence-electron chi connectivity index (χ1n) is 11.2. The summed E-state index contributed by atoms with van der Waals surface area (Å²) in [4.78, 5) is 23.2. The minimum absolute atomic E-state index is 0.201. The van der Waals surface area contributed by atoms with Gasteiger partial charge in [-0.1, -0.05) is 31.2 Å². The Kier molecular flexibility index (Phi) is 8.81. The Morgan fingerprint density at radius 2 is 1.82 bits per heavy atom. The van der Waals surface area contributed by atoms with E-state index in [2.05, 4.69) is 16.0 Å². The second-order valence-corrected chi connectivity index (χ2v) is 8.01. The van der Waals surface area contributed by atoms with Crippen LogP contribution in [0.15, 0.2) is 59.0 Å². The number of benzene rings is 2. The fourth-order valence-corrected chi connectivity index (χ4v) is 3.36. The SMILES string of the molecule is CC[C@H](CNC(C)=O)OC(=O)Nc1ccc(-c2ccc(CNCc3ccc(C)o3)cc2)c(F)c1. The highest BCUT2D eigenvalue weighted by Gasteiger charge is 2.14. The fraction of sp³-hybridized carbons (Fsp3) is 0.308. The Bertz CT molecular complexity index is 1110. The molecule has 1 aromatic heterocycles. The third-order valence-corrected chi connectivity index (χ3v) is 5.21.